The lowest BCUT2D eigenvalue weighted by atomic mass is 9.95. The van der Waals surface area contributed by atoms with Crippen LogP contribution >= 0.6 is 0 Å². The van der Waals surface area contributed by atoms with Gasteiger partial charge in [0.05, 0.1) is 0 Å². The van der Waals surface area contributed by atoms with Crippen molar-refractivity contribution < 1.29 is 9.90 Å². The molecule has 2 nitrogen and oxygen atoms in total. The van der Waals surface area contributed by atoms with E-state index in [1.54, 1.807) is 0 Å². The van der Waals surface area contributed by atoms with Gasteiger partial charge in [0.1, 0.15) is 0 Å². The van der Waals surface area contributed by atoms with Crippen molar-refractivity contribution in [3.63, 3.8) is 0 Å². The molecule has 0 amide bonds. The summed E-state index contributed by atoms with van der Waals surface area (Å²) in [6.45, 7) is 2.07. The van der Waals surface area contributed by atoms with Crippen LogP contribution in [0.3, 0.4) is 0 Å². The summed E-state index contributed by atoms with van der Waals surface area (Å²) in [5.74, 6) is -0.787. The Hall–Kier alpha value is -1.57. The maximum absolute atomic E-state index is 11.0. The van der Waals surface area contributed by atoms with Crippen LogP contribution in [0.15, 0.2) is 24.3 Å². The SMILES string of the molecule is CC1=c2ccccc2=C(C(=O)O)CC1. The minimum absolute atomic E-state index is 0.547. The molecule has 0 aromatic heterocycles. The van der Waals surface area contributed by atoms with Gasteiger partial charge in [0.2, 0.25) is 0 Å². The lowest BCUT2D eigenvalue weighted by molar-refractivity contribution is -0.130. The molecule has 1 aliphatic carbocycles. The Morgan fingerprint density at radius 2 is 1.86 bits per heavy atom. The molecular formula is C12H12O2. The Bertz CT molecular complexity index is 497. The zero-order valence-electron chi connectivity index (χ0n) is 8.08. The van der Waals surface area contributed by atoms with Crippen LogP contribution in [0.1, 0.15) is 19.8 Å². The normalized spacial score (nSPS) is 15.2. The standard InChI is InChI=1S/C12H12O2/c1-8-6-7-11(12(13)14)10-5-3-2-4-9(8)10/h2-5H,6-7H2,1H3,(H,13,14). The van der Waals surface area contributed by atoms with Gasteiger partial charge in [-0.05, 0) is 30.2 Å². The van der Waals surface area contributed by atoms with Crippen LogP contribution in [0.25, 0.3) is 11.1 Å². The van der Waals surface area contributed by atoms with Crippen molar-refractivity contribution in [3.8, 4) is 0 Å². The van der Waals surface area contributed by atoms with Gasteiger partial charge in [0.15, 0.2) is 0 Å². The number of carboxylic acid groups (broad SMARTS) is 1. The quantitative estimate of drug-likeness (QED) is 0.710. The second-order valence-electron chi connectivity index (χ2n) is 3.61. The molecule has 1 aliphatic rings. The molecule has 1 N–H and O–H groups in total. The highest BCUT2D eigenvalue weighted by Gasteiger charge is 2.13. The molecule has 0 bridgehead atoms. The van der Waals surface area contributed by atoms with E-state index >= 15 is 0 Å². The molecular weight excluding hydrogens is 176 g/mol. The Morgan fingerprint density at radius 1 is 1.21 bits per heavy atom. The van der Waals surface area contributed by atoms with Crippen LogP contribution in [-0.4, -0.2) is 11.1 Å². The van der Waals surface area contributed by atoms with Gasteiger partial charge in [-0.3, -0.25) is 0 Å². The number of rotatable bonds is 1. The van der Waals surface area contributed by atoms with Crippen molar-refractivity contribution in [2.45, 2.75) is 19.8 Å². The zero-order chi connectivity index (χ0) is 10.1. The highest BCUT2D eigenvalue weighted by molar-refractivity contribution is 6.08. The van der Waals surface area contributed by atoms with E-state index in [1.165, 1.54) is 5.57 Å². The Balaban J connectivity index is 2.90. The van der Waals surface area contributed by atoms with Gasteiger partial charge in [-0.25, -0.2) is 4.79 Å². The summed E-state index contributed by atoms with van der Waals surface area (Å²) >= 11 is 0. The number of fused-ring (bicyclic) bond motifs is 1. The second-order valence-corrected chi connectivity index (χ2v) is 3.61. The molecule has 0 atom stereocenters. The predicted octanol–water partition coefficient (Wildman–Crippen LogP) is 0.886. The van der Waals surface area contributed by atoms with Crippen molar-refractivity contribution in [1.82, 2.24) is 0 Å². The van der Waals surface area contributed by atoms with E-state index < -0.39 is 5.97 Å². The average molecular weight is 188 g/mol. The number of hydrogen-bond acceptors (Lipinski definition) is 1. The molecule has 0 aliphatic heterocycles. The highest BCUT2D eigenvalue weighted by atomic mass is 16.4. The third-order valence-electron chi connectivity index (χ3n) is 2.72. The van der Waals surface area contributed by atoms with E-state index in [9.17, 15) is 4.79 Å². The van der Waals surface area contributed by atoms with Gasteiger partial charge in [0, 0.05) is 5.57 Å². The number of hydrogen-bond donors (Lipinski definition) is 1. The maximum Gasteiger partial charge on any atom is 0.332 e. The fourth-order valence-corrected chi connectivity index (χ4v) is 1.92. The van der Waals surface area contributed by atoms with Gasteiger partial charge in [0.25, 0.3) is 0 Å². The summed E-state index contributed by atoms with van der Waals surface area (Å²) in [5.41, 5.74) is 1.83. The molecule has 0 spiro atoms. The fourth-order valence-electron chi connectivity index (χ4n) is 1.92. The second kappa shape index (κ2) is 3.29. The molecule has 0 radical (unpaired) electrons. The number of carboxylic acids is 1. The molecule has 0 saturated carbocycles. The van der Waals surface area contributed by atoms with E-state index in [0.717, 1.165) is 16.9 Å². The van der Waals surface area contributed by atoms with E-state index in [4.69, 9.17) is 5.11 Å². The van der Waals surface area contributed by atoms with Crippen LogP contribution in [0.5, 0.6) is 0 Å². The van der Waals surface area contributed by atoms with Gasteiger partial charge in [-0.1, -0.05) is 29.8 Å². The highest BCUT2D eigenvalue weighted by Crippen LogP contribution is 2.13. The summed E-state index contributed by atoms with van der Waals surface area (Å²) in [6.07, 6.45) is 1.51. The minimum atomic E-state index is -0.787. The van der Waals surface area contributed by atoms with Crippen molar-refractivity contribution in [2.24, 2.45) is 0 Å². The van der Waals surface area contributed by atoms with Crippen molar-refractivity contribution in [3.05, 3.63) is 34.7 Å². The third kappa shape index (κ3) is 1.33. The fraction of sp³-hybridized carbons (Fsp3) is 0.250. The van der Waals surface area contributed by atoms with E-state index in [2.05, 4.69) is 6.92 Å². The first-order valence-electron chi connectivity index (χ1n) is 4.71. The molecule has 72 valence electrons. The van der Waals surface area contributed by atoms with Gasteiger partial charge >= 0.3 is 5.97 Å². The molecule has 2 rings (SSSR count). The predicted molar refractivity (Wildman–Crippen MR) is 55.1 cm³/mol. The van der Waals surface area contributed by atoms with Gasteiger partial charge < -0.3 is 5.11 Å². The Morgan fingerprint density at radius 3 is 2.50 bits per heavy atom. The summed E-state index contributed by atoms with van der Waals surface area (Å²) in [7, 11) is 0. The number of aliphatic carboxylic acids is 1. The van der Waals surface area contributed by atoms with E-state index in [1.807, 2.05) is 24.3 Å². The summed E-state index contributed by atoms with van der Waals surface area (Å²) < 4.78 is 0. The molecule has 0 heterocycles. The first kappa shape index (κ1) is 9.00. The van der Waals surface area contributed by atoms with Gasteiger partial charge in [-0.2, -0.15) is 0 Å². The first-order chi connectivity index (χ1) is 6.70. The Kier molecular flexibility index (Phi) is 2.12. The van der Waals surface area contributed by atoms with Crippen LogP contribution in [0.4, 0.5) is 0 Å². The molecule has 0 unspecified atom stereocenters. The lowest BCUT2D eigenvalue weighted by Crippen LogP contribution is -2.33. The number of carbonyl (C=O) groups is 1. The molecule has 1 aromatic rings. The third-order valence-corrected chi connectivity index (χ3v) is 2.72. The molecule has 14 heavy (non-hydrogen) atoms. The van der Waals surface area contributed by atoms with Crippen LogP contribution in [-0.2, 0) is 4.79 Å². The zero-order valence-corrected chi connectivity index (χ0v) is 8.08. The van der Waals surface area contributed by atoms with Crippen molar-refractivity contribution in [1.29, 1.82) is 0 Å². The maximum atomic E-state index is 11.0. The summed E-state index contributed by atoms with van der Waals surface area (Å²) in [4.78, 5) is 11.0. The molecule has 1 aromatic carbocycles. The van der Waals surface area contributed by atoms with E-state index in [-0.39, 0.29) is 0 Å². The van der Waals surface area contributed by atoms with Crippen LogP contribution < -0.4 is 10.4 Å². The molecule has 2 heteroatoms. The summed E-state index contributed by atoms with van der Waals surface area (Å²) in [6, 6.07) is 7.72. The largest absolute Gasteiger partial charge is 0.478 e. The Labute approximate surface area is 82.2 Å². The van der Waals surface area contributed by atoms with Crippen molar-refractivity contribution >= 4 is 17.1 Å². The molecule has 0 saturated heterocycles. The topological polar surface area (TPSA) is 37.3 Å². The smallest absolute Gasteiger partial charge is 0.332 e. The average Bonchev–Trinajstić information content (AvgIpc) is 2.18. The van der Waals surface area contributed by atoms with Crippen LogP contribution in [0.2, 0.25) is 0 Å². The lowest BCUT2D eigenvalue weighted by Gasteiger charge is -2.10. The van der Waals surface area contributed by atoms with Crippen LogP contribution in [0, 0.1) is 0 Å². The number of benzene rings is 1. The van der Waals surface area contributed by atoms with E-state index in [0.29, 0.717) is 12.0 Å². The summed E-state index contributed by atoms with van der Waals surface area (Å²) in [5, 5.41) is 11.0. The van der Waals surface area contributed by atoms with Gasteiger partial charge in [-0.15, -0.1) is 0 Å². The minimum Gasteiger partial charge on any atom is -0.478 e. The molecule has 0 fully saturated rings. The monoisotopic (exact) mass is 188 g/mol. The van der Waals surface area contributed by atoms with Crippen molar-refractivity contribution in [2.75, 3.05) is 0 Å². The first-order valence-corrected chi connectivity index (χ1v) is 4.71.